The topological polar surface area (TPSA) is 167 Å². The average molecular weight is 546 g/mol. The van der Waals surface area contributed by atoms with Crippen molar-refractivity contribution in [3.8, 4) is 0 Å². The Balaban J connectivity index is 1.86. The van der Waals surface area contributed by atoms with Crippen LogP contribution in [0.1, 0.15) is 60.1 Å². The second kappa shape index (κ2) is 10.2. The van der Waals surface area contributed by atoms with Gasteiger partial charge in [0.05, 0.1) is 0 Å². The van der Waals surface area contributed by atoms with Gasteiger partial charge in [0.25, 0.3) is 11.8 Å². The first-order valence-corrected chi connectivity index (χ1v) is 12.2. The van der Waals surface area contributed by atoms with E-state index in [4.69, 9.17) is 30.7 Å². The molecule has 0 aromatic carbocycles. The molecule has 0 unspecified atom stereocenters. The molecule has 198 valence electrons. The van der Waals surface area contributed by atoms with E-state index in [1.165, 1.54) is 0 Å². The molecule has 2 aliphatic rings. The largest absolute Gasteiger partial charge is 0.457 e. The Labute approximate surface area is 216 Å². The monoisotopic (exact) mass is 545 g/mol. The van der Waals surface area contributed by atoms with Crippen LogP contribution in [0.25, 0.3) is 0 Å². The number of nitrogens with one attached hydrogen (secondary N) is 3. The second-order valence-electron chi connectivity index (χ2n) is 10.1. The Morgan fingerprint density at radius 2 is 1.81 bits per heavy atom. The number of hydrogen-bond acceptors (Lipinski definition) is 11. The minimum absolute atomic E-state index is 0.00667. The summed E-state index contributed by atoms with van der Waals surface area (Å²) in [5, 5.41) is 8.82. The van der Waals surface area contributed by atoms with Gasteiger partial charge in [-0.3, -0.25) is 19.7 Å². The minimum atomic E-state index is -1.35. The lowest BCUT2D eigenvalue weighted by atomic mass is 10.2. The third-order valence-electron chi connectivity index (χ3n) is 4.46. The Morgan fingerprint density at radius 1 is 1.17 bits per heavy atom. The highest BCUT2D eigenvalue weighted by molar-refractivity contribution is 7.20. The maximum absolute atomic E-state index is 13.1. The Morgan fingerprint density at radius 3 is 2.33 bits per heavy atom. The minimum Gasteiger partial charge on any atom is -0.457 e. The molecule has 13 nitrogen and oxygen atoms in total. The highest BCUT2D eigenvalue weighted by atomic mass is 35.5. The van der Waals surface area contributed by atoms with Gasteiger partial charge in [-0.25, -0.2) is 20.1 Å². The summed E-state index contributed by atoms with van der Waals surface area (Å²) in [7, 11) is 0. The molecule has 36 heavy (non-hydrogen) atoms. The Bertz CT molecular complexity index is 1090. The van der Waals surface area contributed by atoms with E-state index < -0.39 is 52.4 Å². The molecule has 15 heteroatoms. The molecule has 0 radical (unpaired) electrons. The normalized spacial score (nSPS) is 19.2. The first-order valence-electron chi connectivity index (χ1n) is 11.0. The van der Waals surface area contributed by atoms with E-state index in [1.807, 2.05) is 0 Å². The van der Waals surface area contributed by atoms with Crippen molar-refractivity contribution < 1.29 is 38.3 Å². The summed E-state index contributed by atoms with van der Waals surface area (Å²) in [6, 6.07) is -1.000. The number of oxime groups is 1. The van der Waals surface area contributed by atoms with Gasteiger partial charge >= 0.3 is 12.1 Å². The van der Waals surface area contributed by atoms with E-state index >= 15 is 0 Å². The van der Waals surface area contributed by atoms with Gasteiger partial charge in [-0.1, -0.05) is 28.1 Å². The van der Waals surface area contributed by atoms with Crippen LogP contribution in [0.3, 0.4) is 0 Å². The zero-order chi connectivity index (χ0) is 26.9. The molecule has 0 spiro atoms. The van der Waals surface area contributed by atoms with E-state index in [0.717, 1.165) is 11.3 Å². The number of thiazole rings is 1. The number of hydrogen-bond donors (Lipinski definition) is 3. The maximum Gasteiger partial charge on any atom is 0.413 e. The van der Waals surface area contributed by atoms with Crippen molar-refractivity contribution >= 4 is 57.7 Å². The molecule has 1 aliphatic carbocycles. The van der Waals surface area contributed by atoms with Crippen molar-refractivity contribution in [2.75, 3.05) is 11.9 Å². The molecule has 1 aliphatic heterocycles. The van der Waals surface area contributed by atoms with E-state index in [0.29, 0.717) is 12.8 Å². The van der Waals surface area contributed by atoms with Gasteiger partial charge < -0.3 is 19.6 Å². The summed E-state index contributed by atoms with van der Waals surface area (Å²) in [4.78, 5) is 64.1. The molecule has 1 aromatic rings. The number of anilines is 1. The number of hydroxylamine groups is 1. The molecule has 2 heterocycles. The van der Waals surface area contributed by atoms with E-state index in [1.54, 1.807) is 41.5 Å². The molecule has 0 bridgehead atoms. The number of aromatic nitrogens is 1. The lowest BCUT2D eigenvalue weighted by molar-refractivity contribution is -0.172. The fourth-order valence-corrected chi connectivity index (χ4v) is 3.74. The highest BCUT2D eigenvalue weighted by Crippen LogP contribution is 2.42. The zero-order valence-electron chi connectivity index (χ0n) is 20.6. The zero-order valence-corrected chi connectivity index (χ0v) is 22.2. The molecule has 2 fully saturated rings. The van der Waals surface area contributed by atoms with Crippen molar-refractivity contribution in [2.45, 2.75) is 77.2 Å². The molecule has 1 atom stereocenters. The number of rotatable bonds is 7. The quantitative estimate of drug-likeness (QED) is 0.264. The van der Waals surface area contributed by atoms with Crippen LogP contribution in [0.15, 0.2) is 5.16 Å². The molecular formula is C21H28ClN5O8S. The molecule has 1 saturated carbocycles. The summed E-state index contributed by atoms with van der Waals surface area (Å²) < 4.78 is 10.6. The van der Waals surface area contributed by atoms with Crippen LogP contribution in [-0.2, 0) is 33.5 Å². The van der Waals surface area contributed by atoms with Gasteiger partial charge in [0.1, 0.15) is 33.9 Å². The number of esters is 1. The van der Waals surface area contributed by atoms with Crippen LogP contribution in [-0.4, -0.2) is 64.0 Å². The summed E-state index contributed by atoms with van der Waals surface area (Å²) in [6.45, 7) is 10.1. The van der Waals surface area contributed by atoms with Gasteiger partial charge in [0.2, 0.25) is 5.60 Å². The van der Waals surface area contributed by atoms with Gasteiger partial charge in [-0.05, 0) is 41.5 Å². The van der Waals surface area contributed by atoms with E-state index in [-0.39, 0.29) is 21.8 Å². The average Bonchev–Trinajstić information content (AvgIpc) is 3.28. The molecule has 3 N–H and O–H groups in total. The fourth-order valence-electron chi connectivity index (χ4n) is 2.71. The smallest absolute Gasteiger partial charge is 0.413 e. The molecule has 1 aromatic heterocycles. The summed E-state index contributed by atoms with van der Waals surface area (Å²) >= 11 is 7.16. The lowest BCUT2D eigenvalue weighted by Gasteiger charge is -2.22. The number of ether oxygens (including phenoxy) is 2. The SMILES string of the molecule is CC(C)(C)OC(=O)Nc1nc(/C(=N/OC2(C(=O)OC(C)(C)C)CC2)C(=O)N[C@H]2CONC2=O)c(Cl)s1. The molecule has 3 rings (SSSR count). The van der Waals surface area contributed by atoms with E-state index in [2.05, 4.69) is 26.3 Å². The summed E-state index contributed by atoms with van der Waals surface area (Å²) in [5.41, 5.74) is -1.28. The molecule has 1 saturated heterocycles. The van der Waals surface area contributed by atoms with Crippen molar-refractivity contribution in [1.29, 1.82) is 0 Å². The first kappa shape index (κ1) is 27.6. The standard InChI is InChI=1S/C21H28ClN5O8S/c1-19(2,3)33-16(30)21(7-8-21)35-26-12(15(29)23-10-9-32-27-14(10)28)11-13(22)36-17(24-11)25-18(31)34-20(4,5)6/h10H,7-9H2,1-6H3,(H,23,29)(H,27,28)(H,24,25,31)/b26-12-/t10-/m0/s1. The van der Waals surface area contributed by atoms with Crippen LogP contribution >= 0.6 is 22.9 Å². The Kier molecular flexibility index (Phi) is 7.81. The van der Waals surface area contributed by atoms with Crippen LogP contribution in [0.2, 0.25) is 4.34 Å². The van der Waals surface area contributed by atoms with Crippen LogP contribution in [0.4, 0.5) is 9.93 Å². The van der Waals surface area contributed by atoms with Gasteiger partial charge in [0, 0.05) is 12.8 Å². The number of carbonyl (C=O) groups excluding carboxylic acids is 4. The predicted octanol–water partition coefficient (Wildman–Crippen LogP) is 2.28. The molecule has 3 amide bonds. The summed E-state index contributed by atoms with van der Waals surface area (Å²) in [6.07, 6.45) is -0.120. The predicted molar refractivity (Wildman–Crippen MR) is 128 cm³/mol. The van der Waals surface area contributed by atoms with Gasteiger partial charge in [-0.15, -0.1) is 0 Å². The summed E-state index contributed by atoms with van der Waals surface area (Å²) in [5.74, 6) is -2.05. The maximum atomic E-state index is 13.1. The van der Waals surface area contributed by atoms with Crippen molar-refractivity contribution in [3.63, 3.8) is 0 Å². The number of amides is 3. The van der Waals surface area contributed by atoms with Crippen molar-refractivity contribution in [2.24, 2.45) is 5.16 Å². The highest BCUT2D eigenvalue weighted by Gasteiger charge is 2.56. The Hall–Kier alpha value is -2.97. The molecular weight excluding hydrogens is 518 g/mol. The second-order valence-corrected chi connectivity index (χ2v) is 11.7. The van der Waals surface area contributed by atoms with Gasteiger partial charge in [0.15, 0.2) is 10.8 Å². The van der Waals surface area contributed by atoms with Crippen LogP contribution in [0, 0.1) is 0 Å². The number of nitrogens with zero attached hydrogens (tertiary/aromatic N) is 2. The number of carbonyl (C=O) groups is 4. The van der Waals surface area contributed by atoms with E-state index in [9.17, 15) is 19.2 Å². The fraction of sp³-hybridized carbons (Fsp3) is 0.619. The third-order valence-corrected chi connectivity index (χ3v) is 5.63. The van der Waals surface area contributed by atoms with Crippen LogP contribution in [0.5, 0.6) is 0 Å². The van der Waals surface area contributed by atoms with Gasteiger partial charge in [-0.2, -0.15) is 0 Å². The van der Waals surface area contributed by atoms with Crippen molar-refractivity contribution in [1.82, 2.24) is 15.8 Å². The first-order chi connectivity index (χ1) is 16.6. The lowest BCUT2D eigenvalue weighted by Crippen LogP contribution is -2.45. The van der Waals surface area contributed by atoms with Crippen molar-refractivity contribution in [3.05, 3.63) is 10.0 Å². The van der Waals surface area contributed by atoms with Crippen LogP contribution < -0.4 is 16.1 Å². The number of halogens is 1. The third kappa shape index (κ3) is 7.27.